The van der Waals surface area contributed by atoms with Gasteiger partial charge in [0.05, 0.1) is 5.56 Å². The number of hydrogen-bond donors (Lipinski definition) is 2. The number of pyridine rings is 1. The Morgan fingerprint density at radius 2 is 2.47 bits per heavy atom. The lowest BCUT2D eigenvalue weighted by molar-refractivity contribution is 0.803. The average molecular weight is 267 g/mol. The molecule has 1 saturated heterocycles. The van der Waals surface area contributed by atoms with Crippen LogP contribution in [0.15, 0.2) is 12.1 Å². The minimum atomic E-state index is 0.402. The van der Waals surface area contributed by atoms with Gasteiger partial charge in [-0.15, -0.1) is 0 Å². The van der Waals surface area contributed by atoms with Gasteiger partial charge in [0.15, 0.2) is 0 Å². The third-order valence-corrected chi connectivity index (χ3v) is 4.44. The molecule has 1 aliphatic rings. The third-order valence-electron chi connectivity index (χ3n) is 2.82. The fourth-order valence-electron chi connectivity index (χ4n) is 1.91. The van der Waals surface area contributed by atoms with E-state index in [1.54, 1.807) is 0 Å². The topological polar surface area (TPSA) is 50.9 Å². The molecule has 2 heterocycles. The Labute approximate surface area is 112 Å². The average Bonchev–Trinajstić information content (AvgIpc) is 2.78. The van der Waals surface area contributed by atoms with E-state index in [1.165, 1.54) is 18.6 Å². The van der Waals surface area contributed by atoms with E-state index in [-0.39, 0.29) is 0 Å². The molecule has 1 aromatic rings. The second-order valence-corrected chi connectivity index (χ2v) is 6.08. The second-order valence-electron chi connectivity index (χ2n) is 4.23. The summed E-state index contributed by atoms with van der Waals surface area (Å²) < 4.78 is 0. The Kier molecular flexibility index (Phi) is 4.23. The summed E-state index contributed by atoms with van der Waals surface area (Å²) in [6.45, 7) is 2.91. The van der Waals surface area contributed by atoms with Crippen LogP contribution in [0.3, 0.4) is 0 Å². The number of aryl methyl sites for hydroxylation is 1. The van der Waals surface area contributed by atoms with Crippen molar-refractivity contribution in [1.82, 2.24) is 4.98 Å². The van der Waals surface area contributed by atoms with Gasteiger partial charge in [0.25, 0.3) is 0 Å². The zero-order valence-electron chi connectivity index (χ0n) is 9.90. The highest BCUT2D eigenvalue weighted by Gasteiger charge is 2.16. The van der Waals surface area contributed by atoms with Crippen molar-refractivity contribution in [3.63, 3.8) is 0 Å². The molecule has 0 amide bonds. The Balaban J connectivity index is 2.07. The summed E-state index contributed by atoms with van der Waals surface area (Å²) in [5.41, 5.74) is 7.51. The summed E-state index contributed by atoms with van der Waals surface area (Å²) in [5, 5.41) is 4.07. The molecular formula is C12H17N3S2. The van der Waals surface area contributed by atoms with E-state index in [0.29, 0.717) is 10.2 Å². The molecule has 1 atom stereocenters. The maximum absolute atomic E-state index is 5.69. The maximum Gasteiger partial charge on any atom is 0.136 e. The van der Waals surface area contributed by atoms with Crippen LogP contribution in [0.2, 0.25) is 0 Å². The van der Waals surface area contributed by atoms with Gasteiger partial charge in [-0.05, 0) is 37.7 Å². The van der Waals surface area contributed by atoms with Crippen molar-refractivity contribution in [2.75, 3.05) is 17.6 Å². The number of thiocarbonyl (C=S) groups is 1. The van der Waals surface area contributed by atoms with Crippen LogP contribution in [0.1, 0.15) is 24.1 Å². The number of nitrogens with one attached hydrogen (secondary N) is 1. The fourth-order valence-corrected chi connectivity index (χ4v) is 3.27. The lowest BCUT2D eigenvalue weighted by Gasteiger charge is -2.14. The molecule has 3 nitrogen and oxygen atoms in total. The van der Waals surface area contributed by atoms with Gasteiger partial charge in [-0.3, -0.25) is 0 Å². The molecule has 1 aliphatic heterocycles. The van der Waals surface area contributed by atoms with Crippen LogP contribution in [0.4, 0.5) is 5.82 Å². The van der Waals surface area contributed by atoms with Crippen LogP contribution in [0.5, 0.6) is 0 Å². The van der Waals surface area contributed by atoms with Crippen molar-refractivity contribution in [3.05, 3.63) is 23.4 Å². The summed E-state index contributed by atoms with van der Waals surface area (Å²) in [7, 11) is 0. The molecule has 92 valence electrons. The quantitative estimate of drug-likeness (QED) is 0.820. The molecule has 1 fully saturated rings. The summed E-state index contributed by atoms with van der Waals surface area (Å²) in [6.07, 6.45) is 2.60. The summed E-state index contributed by atoms with van der Waals surface area (Å²) in [5.74, 6) is 2.10. The minimum Gasteiger partial charge on any atom is -0.389 e. The summed E-state index contributed by atoms with van der Waals surface area (Å²) in [6, 6.07) is 3.87. The van der Waals surface area contributed by atoms with Crippen molar-refractivity contribution in [2.45, 2.75) is 25.0 Å². The van der Waals surface area contributed by atoms with E-state index in [0.717, 1.165) is 23.6 Å². The Hall–Kier alpha value is -0.810. The van der Waals surface area contributed by atoms with Crippen molar-refractivity contribution in [2.24, 2.45) is 5.73 Å². The predicted molar refractivity (Wildman–Crippen MR) is 78.8 cm³/mol. The molecule has 1 aromatic heterocycles. The normalized spacial score (nSPS) is 19.2. The van der Waals surface area contributed by atoms with Gasteiger partial charge < -0.3 is 11.1 Å². The zero-order chi connectivity index (χ0) is 12.3. The van der Waals surface area contributed by atoms with Crippen LogP contribution >= 0.6 is 24.0 Å². The van der Waals surface area contributed by atoms with E-state index in [4.69, 9.17) is 18.0 Å². The fraction of sp³-hybridized carbons (Fsp3) is 0.500. The van der Waals surface area contributed by atoms with Gasteiger partial charge in [-0.1, -0.05) is 12.2 Å². The molecule has 1 unspecified atom stereocenters. The molecule has 17 heavy (non-hydrogen) atoms. The summed E-state index contributed by atoms with van der Waals surface area (Å²) >= 11 is 7.06. The van der Waals surface area contributed by atoms with Gasteiger partial charge in [-0.25, -0.2) is 4.98 Å². The minimum absolute atomic E-state index is 0.402. The van der Waals surface area contributed by atoms with Gasteiger partial charge >= 0.3 is 0 Å². The van der Waals surface area contributed by atoms with Crippen molar-refractivity contribution in [1.29, 1.82) is 0 Å². The number of hydrogen-bond acceptors (Lipinski definition) is 4. The van der Waals surface area contributed by atoms with Crippen LogP contribution in [-0.2, 0) is 0 Å². The number of aromatic nitrogens is 1. The highest BCUT2D eigenvalue weighted by Crippen LogP contribution is 2.26. The zero-order valence-corrected chi connectivity index (χ0v) is 11.5. The van der Waals surface area contributed by atoms with Gasteiger partial charge in [0.2, 0.25) is 0 Å². The second kappa shape index (κ2) is 5.69. The molecule has 0 saturated carbocycles. The molecule has 0 bridgehead atoms. The largest absolute Gasteiger partial charge is 0.389 e. The Morgan fingerprint density at radius 3 is 3.12 bits per heavy atom. The monoisotopic (exact) mass is 267 g/mol. The number of nitrogens with zero attached hydrogens (tertiary/aromatic N) is 1. The molecule has 0 aromatic carbocycles. The first-order valence-corrected chi connectivity index (χ1v) is 7.25. The Morgan fingerprint density at radius 1 is 1.65 bits per heavy atom. The first kappa shape index (κ1) is 12.6. The van der Waals surface area contributed by atoms with Crippen LogP contribution < -0.4 is 11.1 Å². The number of rotatable bonds is 4. The molecule has 3 N–H and O–H groups in total. The number of nitrogens with two attached hydrogens (primary N) is 1. The molecule has 0 spiro atoms. The molecule has 0 aliphatic carbocycles. The first-order valence-electron chi connectivity index (χ1n) is 5.80. The highest BCUT2D eigenvalue weighted by molar-refractivity contribution is 8.00. The molecule has 0 radical (unpaired) electrons. The van der Waals surface area contributed by atoms with E-state index in [9.17, 15) is 0 Å². The van der Waals surface area contributed by atoms with E-state index in [2.05, 4.69) is 10.3 Å². The molecule has 5 heteroatoms. The SMILES string of the molecule is Cc1ccc(C(N)=S)c(NCC2CCCS2)n1. The van der Waals surface area contributed by atoms with Crippen LogP contribution in [0.25, 0.3) is 0 Å². The number of thioether (sulfide) groups is 1. The summed E-state index contributed by atoms with van der Waals surface area (Å²) in [4.78, 5) is 4.87. The van der Waals surface area contributed by atoms with Gasteiger partial charge in [0, 0.05) is 17.5 Å². The number of anilines is 1. The van der Waals surface area contributed by atoms with Crippen LogP contribution in [-0.4, -0.2) is 27.5 Å². The van der Waals surface area contributed by atoms with Crippen molar-refractivity contribution < 1.29 is 0 Å². The molecule has 2 rings (SSSR count). The van der Waals surface area contributed by atoms with E-state index < -0.39 is 0 Å². The lowest BCUT2D eigenvalue weighted by Crippen LogP contribution is -2.19. The van der Waals surface area contributed by atoms with Crippen molar-refractivity contribution in [3.8, 4) is 0 Å². The Bertz CT molecular complexity index is 414. The first-order chi connectivity index (χ1) is 8.16. The van der Waals surface area contributed by atoms with Gasteiger partial charge in [-0.2, -0.15) is 11.8 Å². The third kappa shape index (κ3) is 3.33. The highest BCUT2D eigenvalue weighted by atomic mass is 32.2. The standard InChI is InChI=1S/C12H17N3S2/c1-8-4-5-10(11(13)16)12(15-8)14-7-9-3-2-6-17-9/h4-5,9H,2-3,6-7H2,1H3,(H2,13,16)(H,14,15). The van der Waals surface area contributed by atoms with Crippen molar-refractivity contribution >= 4 is 34.8 Å². The van der Waals surface area contributed by atoms with Gasteiger partial charge in [0.1, 0.15) is 10.8 Å². The smallest absolute Gasteiger partial charge is 0.136 e. The maximum atomic E-state index is 5.69. The molecular weight excluding hydrogens is 250 g/mol. The lowest BCUT2D eigenvalue weighted by atomic mass is 10.2. The predicted octanol–water partition coefficient (Wildman–Crippen LogP) is 2.33. The van der Waals surface area contributed by atoms with Crippen LogP contribution in [0, 0.1) is 6.92 Å². The van der Waals surface area contributed by atoms with E-state index >= 15 is 0 Å². The van der Waals surface area contributed by atoms with E-state index in [1.807, 2.05) is 30.8 Å².